The van der Waals surface area contributed by atoms with Crippen molar-refractivity contribution in [3.63, 3.8) is 0 Å². The monoisotopic (exact) mass is 431 g/mol. The molecule has 10 heteroatoms. The molecule has 0 unspecified atom stereocenters. The molecule has 0 aliphatic carbocycles. The Hall–Kier alpha value is -3.82. The molecule has 0 radical (unpaired) electrons. The number of carbonyl (C=O) groups excluding carboxylic acids is 2. The lowest BCUT2D eigenvalue weighted by Gasteiger charge is -2.13. The van der Waals surface area contributed by atoms with Gasteiger partial charge in [-0.25, -0.2) is 9.48 Å². The fourth-order valence-corrected chi connectivity index (χ4v) is 2.82. The summed E-state index contributed by atoms with van der Waals surface area (Å²) in [5, 5.41) is 11.5. The van der Waals surface area contributed by atoms with Gasteiger partial charge in [-0.15, -0.1) is 0 Å². The average molecular weight is 431 g/mol. The Morgan fingerprint density at radius 1 is 0.935 bits per heavy atom. The number of nitrogens with one attached hydrogen (secondary N) is 3. The Kier molecular flexibility index (Phi) is 6.28. The number of para-hydroxylation sites is 1. The highest BCUT2D eigenvalue weighted by molar-refractivity contribution is 6.05. The summed E-state index contributed by atoms with van der Waals surface area (Å²) in [5.74, 6) is -0.951. The first kappa shape index (κ1) is 21.9. The fraction of sp³-hybridized carbons (Fsp3) is 0.190. The zero-order valence-corrected chi connectivity index (χ0v) is 16.7. The largest absolute Gasteiger partial charge is 0.434 e. The summed E-state index contributed by atoms with van der Waals surface area (Å²) >= 11 is 0. The maximum absolute atomic E-state index is 13.7. The van der Waals surface area contributed by atoms with E-state index in [4.69, 9.17) is 0 Å². The van der Waals surface area contributed by atoms with Crippen molar-refractivity contribution in [2.75, 3.05) is 10.6 Å². The van der Waals surface area contributed by atoms with Gasteiger partial charge in [-0.05, 0) is 50.2 Å². The Morgan fingerprint density at radius 2 is 1.52 bits per heavy atom. The number of anilines is 2. The van der Waals surface area contributed by atoms with E-state index in [-0.39, 0.29) is 17.4 Å². The first-order valence-electron chi connectivity index (χ1n) is 9.34. The lowest BCUT2D eigenvalue weighted by molar-refractivity contribution is -0.143. The van der Waals surface area contributed by atoms with Crippen LogP contribution < -0.4 is 16.0 Å². The molecule has 0 spiro atoms. The minimum Gasteiger partial charge on any atom is -0.336 e. The Morgan fingerprint density at radius 3 is 2.06 bits per heavy atom. The van der Waals surface area contributed by atoms with Gasteiger partial charge < -0.3 is 16.0 Å². The minimum absolute atomic E-state index is 0.0433. The lowest BCUT2D eigenvalue weighted by Crippen LogP contribution is -2.34. The third kappa shape index (κ3) is 5.41. The number of rotatable bonds is 5. The van der Waals surface area contributed by atoms with E-state index in [0.717, 1.165) is 6.20 Å². The van der Waals surface area contributed by atoms with E-state index in [1.54, 1.807) is 18.2 Å². The molecule has 0 aliphatic heterocycles. The van der Waals surface area contributed by atoms with Crippen LogP contribution >= 0.6 is 0 Å². The second-order valence-electron chi connectivity index (χ2n) is 6.94. The molecule has 2 aromatic carbocycles. The molecule has 0 fully saturated rings. The first-order valence-corrected chi connectivity index (χ1v) is 9.34. The molecule has 3 N–H and O–H groups in total. The van der Waals surface area contributed by atoms with Gasteiger partial charge >= 0.3 is 12.2 Å². The second kappa shape index (κ2) is 8.90. The maximum atomic E-state index is 13.7. The van der Waals surface area contributed by atoms with Crippen LogP contribution in [-0.2, 0) is 6.18 Å². The number of halogens is 3. The van der Waals surface area contributed by atoms with Crippen LogP contribution in [-0.4, -0.2) is 27.8 Å². The van der Waals surface area contributed by atoms with Crippen molar-refractivity contribution in [1.82, 2.24) is 15.1 Å². The molecule has 3 rings (SSSR count). The summed E-state index contributed by atoms with van der Waals surface area (Å²) in [6.07, 6.45) is -3.91. The van der Waals surface area contributed by atoms with Gasteiger partial charge in [0.2, 0.25) is 0 Å². The molecule has 3 aromatic rings. The quantitative estimate of drug-likeness (QED) is 0.548. The van der Waals surface area contributed by atoms with E-state index in [0.29, 0.717) is 10.4 Å². The van der Waals surface area contributed by atoms with Crippen LogP contribution in [0.1, 0.15) is 29.9 Å². The summed E-state index contributed by atoms with van der Waals surface area (Å²) in [5.41, 5.74) is -0.858. The van der Waals surface area contributed by atoms with Crippen LogP contribution in [0.2, 0.25) is 0 Å². The molecule has 0 saturated carbocycles. The number of urea groups is 1. The maximum Gasteiger partial charge on any atom is 0.434 e. The Balaban J connectivity index is 1.79. The molecule has 0 bridgehead atoms. The molecule has 1 heterocycles. The summed E-state index contributed by atoms with van der Waals surface area (Å²) in [6.45, 7) is 3.63. The highest BCUT2D eigenvalue weighted by atomic mass is 19.4. The molecular formula is C21H20F3N5O2. The Bertz CT molecular complexity index is 1060. The number of carbonyl (C=O) groups is 2. The van der Waals surface area contributed by atoms with Gasteiger partial charge in [0, 0.05) is 17.4 Å². The third-order valence-electron chi connectivity index (χ3n) is 4.10. The van der Waals surface area contributed by atoms with E-state index in [1.165, 1.54) is 36.4 Å². The van der Waals surface area contributed by atoms with E-state index in [2.05, 4.69) is 21.0 Å². The lowest BCUT2D eigenvalue weighted by atomic mass is 10.2. The average Bonchev–Trinajstić information content (AvgIpc) is 3.15. The number of hydrogen-bond acceptors (Lipinski definition) is 3. The van der Waals surface area contributed by atoms with Gasteiger partial charge in [-0.3, -0.25) is 4.79 Å². The zero-order valence-electron chi connectivity index (χ0n) is 16.7. The Labute approximate surface area is 176 Å². The summed E-state index contributed by atoms with van der Waals surface area (Å²) in [6, 6.07) is 13.3. The third-order valence-corrected chi connectivity index (χ3v) is 4.10. The highest BCUT2D eigenvalue weighted by Crippen LogP contribution is 2.34. The summed E-state index contributed by atoms with van der Waals surface area (Å²) in [4.78, 5) is 24.3. The second-order valence-corrected chi connectivity index (χ2v) is 6.94. The van der Waals surface area contributed by atoms with Gasteiger partial charge in [-0.2, -0.15) is 18.3 Å². The smallest absolute Gasteiger partial charge is 0.336 e. The molecule has 1 aromatic heterocycles. The van der Waals surface area contributed by atoms with Crippen molar-refractivity contribution in [2.45, 2.75) is 26.1 Å². The van der Waals surface area contributed by atoms with Gasteiger partial charge in [0.25, 0.3) is 5.91 Å². The molecule has 0 saturated heterocycles. The number of benzene rings is 2. The van der Waals surface area contributed by atoms with Crippen LogP contribution in [0.25, 0.3) is 5.69 Å². The predicted molar refractivity (Wildman–Crippen MR) is 110 cm³/mol. The van der Waals surface area contributed by atoms with Crippen LogP contribution in [0, 0.1) is 0 Å². The van der Waals surface area contributed by atoms with E-state index >= 15 is 0 Å². The molecular weight excluding hydrogens is 411 g/mol. The van der Waals surface area contributed by atoms with Crippen LogP contribution in [0.15, 0.2) is 60.8 Å². The number of nitrogens with zero attached hydrogens (tertiary/aromatic N) is 2. The predicted octanol–water partition coefficient (Wildman–Crippen LogP) is 4.67. The standard InChI is InChI=1S/C21H20F3N5O2/c1-13(2)26-20(31)28-15-10-8-14(9-11-15)27-19(30)17-12-25-29(18(17)21(22,23)24)16-6-4-3-5-7-16/h3-13H,1-2H3,(H,27,30)(H2,26,28,31). The van der Waals surface area contributed by atoms with Gasteiger partial charge in [0.05, 0.1) is 17.4 Å². The fourth-order valence-electron chi connectivity index (χ4n) is 2.82. The van der Waals surface area contributed by atoms with Crippen molar-refractivity contribution in [1.29, 1.82) is 0 Å². The number of hydrogen-bond donors (Lipinski definition) is 3. The van der Waals surface area contributed by atoms with Crippen LogP contribution in [0.4, 0.5) is 29.3 Å². The van der Waals surface area contributed by atoms with Crippen molar-refractivity contribution >= 4 is 23.3 Å². The van der Waals surface area contributed by atoms with Gasteiger partial charge in [-0.1, -0.05) is 18.2 Å². The highest BCUT2D eigenvalue weighted by Gasteiger charge is 2.40. The SMILES string of the molecule is CC(C)NC(=O)Nc1ccc(NC(=O)c2cnn(-c3ccccc3)c2C(F)(F)F)cc1. The van der Waals surface area contributed by atoms with E-state index < -0.39 is 29.4 Å². The molecule has 3 amide bonds. The number of aromatic nitrogens is 2. The van der Waals surface area contributed by atoms with Gasteiger partial charge in [0.1, 0.15) is 0 Å². The topological polar surface area (TPSA) is 88.1 Å². The normalized spacial score (nSPS) is 11.3. The van der Waals surface area contributed by atoms with Crippen LogP contribution in [0.5, 0.6) is 0 Å². The van der Waals surface area contributed by atoms with E-state index in [9.17, 15) is 22.8 Å². The molecule has 7 nitrogen and oxygen atoms in total. The van der Waals surface area contributed by atoms with Crippen molar-refractivity contribution in [3.8, 4) is 5.69 Å². The van der Waals surface area contributed by atoms with E-state index in [1.807, 2.05) is 13.8 Å². The number of alkyl halides is 3. The molecule has 31 heavy (non-hydrogen) atoms. The van der Waals surface area contributed by atoms with Crippen molar-refractivity contribution in [2.24, 2.45) is 0 Å². The van der Waals surface area contributed by atoms with Crippen molar-refractivity contribution in [3.05, 3.63) is 72.1 Å². The first-order chi connectivity index (χ1) is 14.6. The molecule has 162 valence electrons. The van der Waals surface area contributed by atoms with Gasteiger partial charge in [0.15, 0.2) is 5.69 Å². The molecule has 0 atom stereocenters. The minimum atomic E-state index is -4.80. The molecule has 0 aliphatic rings. The summed E-state index contributed by atoms with van der Waals surface area (Å²) in [7, 11) is 0. The summed E-state index contributed by atoms with van der Waals surface area (Å²) < 4.78 is 41.8. The zero-order chi connectivity index (χ0) is 22.6. The van der Waals surface area contributed by atoms with Crippen LogP contribution in [0.3, 0.4) is 0 Å². The number of amides is 3. The van der Waals surface area contributed by atoms with Crippen molar-refractivity contribution < 1.29 is 22.8 Å².